The van der Waals surface area contributed by atoms with Crippen LogP contribution in [0.5, 0.6) is 0 Å². The smallest absolute Gasteiger partial charge is 0.291 e. The molecule has 4 unspecified atom stereocenters. The Kier molecular flexibility index (Phi) is 8.33. The maximum Gasteiger partial charge on any atom is 0.291 e. The van der Waals surface area contributed by atoms with Gasteiger partial charge in [0.2, 0.25) is 0 Å². The third-order valence-electron chi connectivity index (χ3n) is 3.30. The molecule has 1 rings (SSSR count). The number of rotatable bonds is 7. The van der Waals surface area contributed by atoms with E-state index < -0.39 is 24.7 Å². The summed E-state index contributed by atoms with van der Waals surface area (Å²) in [4.78, 5) is 5.74. The number of hydrogen-bond donors (Lipinski definition) is 4. The van der Waals surface area contributed by atoms with E-state index in [2.05, 4.69) is 10.3 Å². The zero-order valence-electron chi connectivity index (χ0n) is 12.9. The third-order valence-corrected chi connectivity index (χ3v) is 3.30. The number of nitrogens with zero attached hydrogens (tertiary/aromatic N) is 2. The summed E-state index contributed by atoms with van der Waals surface area (Å²) >= 11 is 0. The van der Waals surface area contributed by atoms with Crippen molar-refractivity contribution in [1.82, 2.24) is 10.2 Å². The standard InChI is InChI=1S/C14H24BFN3O3/c1-3-7-17-14(18-13(21)5-4-6-15-22)12-8-11(16)9-19(12)10(2)20/h3-5,7,10-13,20-22H,6,8-9H2,1-2H3,(H,17,18). The lowest BCUT2D eigenvalue weighted by molar-refractivity contribution is 0.0206. The van der Waals surface area contributed by atoms with E-state index in [0.717, 1.165) is 7.48 Å². The third kappa shape index (κ3) is 5.88. The topological polar surface area (TPSA) is 88.3 Å². The SMILES string of the molecule is CC=CNC(=NC(O)C=CC[B]O)C1CC(F)CN1C(C)O. The summed E-state index contributed by atoms with van der Waals surface area (Å²) in [6.45, 7) is 3.52. The lowest BCUT2D eigenvalue weighted by Gasteiger charge is -2.28. The van der Waals surface area contributed by atoms with Crippen molar-refractivity contribution < 1.29 is 19.6 Å². The van der Waals surface area contributed by atoms with Crippen molar-refractivity contribution in [2.45, 2.75) is 51.3 Å². The lowest BCUT2D eigenvalue weighted by Crippen LogP contribution is -2.46. The molecule has 0 aromatic rings. The molecule has 1 saturated heterocycles. The summed E-state index contributed by atoms with van der Waals surface area (Å²) in [5.74, 6) is 0.393. The summed E-state index contributed by atoms with van der Waals surface area (Å²) in [6, 6.07) is -0.432. The van der Waals surface area contributed by atoms with Crippen molar-refractivity contribution in [3.8, 4) is 0 Å². The van der Waals surface area contributed by atoms with E-state index >= 15 is 0 Å². The summed E-state index contributed by atoms with van der Waals surface area (Å²) in [5.41, 5.74) is 0. The molecular weight excluding hydrogens is 288 g/mol. The van der Waals surface area contributed by atoms with Crippen LogP contribution in [0.1, 0.15) is 20.3 Å². The fourth-order valence-electron chi connectivity index (χ4n) is 2.32. The maximum absolute atomic E-state index is 13.7. The predicted octanol–water partition coefficient (Wildman–Crippen LogP) is 0.163. The van der Waals surface area contributed by atoms with E-state index in [-0.39, 0.29) is 13.0 Å². The van der Waals surface area contributed by atoms with Crippen molar-refractivity contribution in [3.63, 3.8) is 0 Å². The second-order valence-electron chi connectivity index (χ2n) is 5.10. The summed E-state index contributed by atoms with van der Waals surface area (Å²) in [6.07, 6.45) is 3.94. The van der Waals surface area contributed by atoms with Crippen molar-refractivity contribution in [2.75, 3.05) is 6.54 Å². The Labute approximate surface area is 131 Å². The molecule has 4 atom stereocenters. The van der Waals surface area contributed by atoms with Gasteiger partial charge in [0.25, 0.3) is 7.48 Å². The van der Waals surface area contributed by atoms with E-state index in [1.54, 1.807) is 30.2 Å². The van der Waals surface area contributed by atoms with E-state index in [9.17, 15) is 14.6 Å². The van der Waals surface area contributed by atoms with Gasteiger partial charge in [-0.15, -0.1) is 0 Å². The number of aliphatic hydroxyl groups is 2. The number of likely N-dealkylation sites (tertiary alicyclic amines) is 1. The number of aliphatic imine (C=N–C) groups is 1. The zero-order chi connectivity index (χ0) is 16.5. The Bertz CT molecular complexity index is 418. The van der Waals surface area contributed by atoms with Crippen LogP contribution < -0.4 is 5.32 Å². The normalized spacial score (nSPS) is 26.7. The second kappa shape index (κ2) is 9.73. The Morgan fingerprint density at radius 3 is 2.86 bits per heavy atom. The monoisotopic (exact) mass is 312 g/mol. The molecule has 123 valence electrons. The number of allylic oxidation sites excluding steroid dienone is 2. The molecule has 1 heterocycles. The van der Waals surface area contributed by atoms with Crippen LogP contribution in [0.25, 0.3) is 0 Å². The molecule has 4 N–H and O–H groups in total. The second-order valence-corrected chi connectivity index (χ2v) is 5.10. The number of hydrogen-bond acceptors (Lipinski definition) is 5. The van der Waals surface area contributed by atoms with Crippen LogP contribution in [0.2, 0.25) is 6.32 Å². The minimum absolute atomic E-state index is 0.129. The van der Waals surface area contributed by atoms with Gasteiger partial charge in [0, 0.05) is 13.0 Å². The van der Waals surface area contributed by atoms with Crippen molar-refractivity contribution >= 4 is 13.3 Å². The average Bonchev–Trinajstić information content (AvgIpc) is 2.86. The van der Waals surface area contributed by atoms with E-state index in [1.165, 1.54) is 6.08 Å². The molecule has 8 heteroatoms. The number of halogens is 1. The Hall–Kier alpha value is -1.22. The fraction of sp³-hybridized carbons (Fsp3) is 0.643. The van der Waals surface area contributed by atoms with Gasteiger partial charge in [-0.05, 0) is 32.4 Å². The quantitative estimate of drug-likeness (QED) is 0.233. The molecule has 0 saturated carbocycles. The van der Waals surface area contributed by atoms with Gasteiger partial charge in [0.15, 0.2) is 6.23 Å². The first-order valence-corrected chi connectivity index (χ1v) is 7.33. The van der Waals surface area contributed by atoms with Gasteiger partial charge in [-0.1, -0.05) is 12.2 Å². The predicted molar refractivity (Wildman–Crippen MR) is 85.0 cm³/mol. The largest absolute Gasteiger partial charge is 0.454 e. The molecule has 6 nitrogen and oxygen atoms in total. The van der Waals surface area contributed by atoms with Gasteiger partial charge in [0.05, 0.1) is 6.04 Å². The van der Waals surface area contributed by atoms with Crippen LogP contribution in [0, 0.1) is 0 Å². The molecule has 22 heavy (non-hydrogen) atoms. The molecule has 1 radical (unpaired) electrons. The summed E-state index contributed by atoms with van der Waals surface area (Å²) < 4.78 is 13.7. The first-order chi connectivity index (χ1) is 10.5. The highest BCUT2D eigenvalue weighted by molar-refractivity contribution is 6.25. The first kappa shape index (κ1) is 18.8. The van der Waals surface area contributed by atoms with Crippen LogP contribution in [-0.2, 0) is 0 Å². The molecule has 1 fully saturated rings. The Morgan fingerprint density at radius 1 is 1.55 bits per heavy atom. The lowest BCUT2D eigenvalue weighted by atomic mass is 9.96. The maximum atomic E-state index is 13.7. The van der Waals surface area contributed by atoms with Crippen LogP contribution in [0.15, 0.2) is 29.4 Å². The average molecular weight is 312 g/mol. The number of amidine groups is 1. The van der Waals surface area contributed by atoms with E-state index in [4.69, 9.17) is 5.02 Å². The number of nitrogens with one attached hydrogen (secondary N) is 1. The summed E-state index contributed by atoms with van der Waals surface area (Å²) in [7, 11) is 0.964. The molecule has 1 aliphatic heterocycles. The molecule has 0 amide bonds. The zero-order valence-corrected chi connectivity index (χ0v) is 12.9. The fourth-order valence-corrected chi connectivity index (χ4v) is 2.32. The van der Waals surface area contributed by atoms with Crippen LogP contribution in [0.4, 0.5) is 4.39 Å². The Balaban J connectivity index is 2.90. The summed E-state index contributed by atoms with van der Waals surface area (Å²) in [5, 5.41) is 31.2. The number of alkyl halides is 1. The van der Waals surface area contributed by atoms with Crippen molar-refractivity contribution in [3.05, 3.63) is 24.4 Å². The van der Waals surface area contributed by atoms with Crippen molar-refractivity contribution in [2.24, 2.45) is 4.99 Å². The molecule has 0 aromatic carbocycles. The molecule has 1 aliphatic rings. The molecular formula is C14H24BFN3O3. The highest BCUT2D eigenvalue weighted by Crippen LogP contribution is 2.23. The Morgan fingerprint density at radius 2 is 2.27 bits per heavy atom. The van der Waals surface area contributed by atoms with E-state index in [0.29, 0.717) is 12.2 Å². The van der Waals surface area contributed by atoms with Crippen LogP contribution >= 0.6 is 0 Å². The first-order valence-electron chi connectivity index (χ1n) is 7.33. The van der Waals surface area contributed by atoms with Gasteiger partial charge < -0.3 is 20.6 Å². The highest BCUT2D eigenvalue weighted by atomic mass is 19.1. The highest BCUT2D eigenvalue weighted by Gasteiger charge is 2.37. The molecule has 0 aromatic heterocycles. The minimum Gasteiger partial charge on any atom is -0.454 e. The van der Waals surface area contributed by atoms with Gasteiger partial charge in [-0.2, -0.15) is 0 Å². The molecule has 0 bridgehead atoms. The van der Waals surface area contributed by atoms with E-state index in [1.807, 2.05) is 6.92 Å². The van der Waals surface area contributed by atoms with Crippen LogP contribution in [-0.4, -0.2) is 64.7 Å². The minimum atomic E-state index is -1.11. The van der Waals surface area contributed by atoms with Gasteiger partial charge >= 0.3 is 0 Å². The van der Waals surface area contributed by atoms with Crippen LogP contribution in [0.3, 0.4) is 0 Å². The van der Waals surface area contributed by atoms with Gasteiger partial charge in [-0.3, -0.25) is 4.90 Å². The van der Waals surface area contributed by atoms with Gasteiger partial charge in [-0.25, -0.2) is 9.38 Å². The van der Waals surface area contributed by atoms with Crippen molar-refractivity contribution in [1.29, 1.82) is 0 Å². The molecule has 0 spiro atoms. The van der Waals surface area contributed by atoms with Gasteiger partial charge in [0.1, 0.15) is 18.2 Å². The molecule has 0 aliphatic carbocycles. The number of aliphatic hydroxyl groups excluding tert-OH is 2.